The Morgan fingerprint density at radius 1 is 1.12 bits per heavy atom. The number of hydrogen-bond donors (Lipinski definition) is 1. The molecule has 1 heterocycles. The van der Waals surface area contributed by atoms with E-state index in [2.05, 4.69) is 26.2 Å². The van der Waals surface area contributed by atoms with Crippen molar-refractivity contribution in [3.8, 4) is 0 Å². The lowest BCUT2D eigenvalue weighted by Gasteiger charge is -2.09. The average Bonchev–Trinajstić information content (AvgIpc) is 2.28. The Hall–Kier alpha value is -0.480. The lowest BCUT2D eigenvalue weighted by molar-refractivity contribution is 1.29. The average molecular weight is 352 g/mol. The molecule has 0 bridgehead atoms. The maximum Gasteiger partial charge on any atom is 0.149 e. The normalized spacial score (nSPS) is 10.4. The molecular weight excluding hydrogens is 346 g/mol. The van der Waals surface area contributed by atoms with Crippen LogP contribution in [0.1, 0.15) is 0 Å². The molecule has 1 N–H and O–H groups in total. The van der Waals surface area contributed by atoms with Gasteiger partial charge in [-0.3, -0.25) is 0 Å². The van der Waals surface area contributed by atoms with Gasteiger partial charge in [-0.1, -0.05) is 40.9 Å². The SMILES string of the molecule is Clc1cc(Br)cnc1Nc1cccc(Cl)c1Cl. The number of nitrogens with one attached hydrogen (secondary N) is 1. The molecule has 0 fully saturated rings. The van der Waals surface area contributed by atoms with E-state index in [1.165, 1.54) is 0 Å². The van der Waals surface area contributed by atoms with Crippen LogP contribution in [0.3, 0.4) is 0 Å². The lowest BCUT2D eigenvalue weighted by atomic mass is 10.3. The van der Waals surface area contributed by atoms with Crippen LogP contribution in [0.5, 0.6) is 0 Å². The first-order valence-electron chi connectivity index (χ1n) is 4.60. The maximum absolute atomic E-state index is 6.05. The van der Waals surface area contributed by atoms with E-state index in [1.54, 1.807) is 30.5 Å². The highest BCUT2D eigenvalue weighted by Crippen LogP contribution is 2.33. The van der Waals surface area contributed by atoms with Crippen LogP contribution in [-0.4, -0.2) is 4.98 Å². The zero-order chi connectivity index (χ0) is 12.4. The highest BCUT2D eigenvalue weighted by Gasteiger charge is 2.07. The summed E-state index contributed by atoms with van der Waals surface area (Å²) in [6.07, 6.45) is 1.65. The molecule has 0 aliphatic carbocycles. The Bertz CT molecular complexity index is 560. The first-order valence-corrected chi connectivity index (χ1v) is 6.52. The van der Waals surface area contributed by atoms with Crippen LogP contribution in [0.15, 0.2) is 34.9 Å². The quantitative estimate of drug-likeness (QED) is 0.767. The van der Waals surface area contributed by atoms with Gasteiger partial charge in [0.25, 0.3) is 0 Å². The Morgan fingerprint density at radius 2 is 1.88 bits per heavy atom. The second kappa shape index (κ2) is 5.44. The molecule has 2 aromatic rings. The molecule has 0 saturated carbocycles. The molecule has 0 radical (unpaired) electrons. The van der Waals surface area contributed by atoms with Gasteiger partial charge in [0.1, 0.15) is 5.82 Å². The topological polar surface area (TPSA) is 24.9 Å². The molecule has 0 saturated heterocycles. The van der Waals surface area contributed by atoms with Gasteiger partial charge in [0, 0.05) is 10.7 Å². The molecule has 2 rings (SSSR count). The molecule has 1 aromatic carbocycles. The molecule has 0 atom stereocenters. The van der Waals surface area contributed by atoms with Gasteiger partial charge in [-0.05, 0) is 34.1 Å². The van der Waals surface area contributed by atoms with E-state index in [-0.39, 0.29) is 0 Å². The number of benzene rings is 1. The molecule has 1 aromatic heterocycles. The zero-order valence-corrected chi connectivity index (χ0v) is 12.2. The summed E-state index contributed by atoms with van der Waals surface area (Å²) in [6.45, 7) is 0. The van der Waals surface area contributed by atoms with Crippen LogP contribution in [0.2, 0.25) is 15.1 Å². The van der Waals surface area contributed by atoms with Crippen molar-refractivity contribution >= 4 is 62.2 Å². The van der Waals surface area contributed by atoms with E-state index in [4.69, 9.17) is 34.8 Å². The summed E-state index contributed by atoms with van der Waals surface area (Å²) in [6, 6.07) is 7.05. The van der Waals surface area contributed by atoms with Crippen LogP contribution >= 0.6 is 50.7 Å². The Morgan fingerprint density at radius 3 is 2.59 bits per heavy atom. The number of nitrogens with zero attached hydrogens (tertiary/aromatic N) is 1. The van der Waals surface area contributed by atoms with Crippen LogP contribution in [0, 0.1) is 0 Å². The van der Waals surface area contributed by atoms with Crippen molar-refractivity contribution in [3.05, 3.63) is 50.0 Å². The van der Waals surface area contributed by atoms with Gasteiger partial charge in [-0.15, -0.1) is 0 Å². The Labute approximate surface area is 122 Å². The Kier molecular flexibility index (Phi) is 4.15. The van der Waals surface area contributed by atoms with Crippen molar-refractivity contribution in [2.75, 3.05) is 5.32 Å². The van der Waals surface area contributed by atoms with Crippen molar-refractivity contribution in [2.45, 2.75) is 0 Å². The molecule has 0 aliphatic heterocycles. The van der Waals surface area contributed by atoms with Gasteiger partial charge in [0.05, 0.1) is 20.8 Å². The summed E-state index contributed by atoms with van der Waals surface area (Å²) in [4.78, 5) is 4.15. The van der Waals surface area contributed by atoms with Gasteiger partial charge < -0.3 is 5.32 Å². The van der Waals surface area contributed by atoms with Gasteiger partial charge in [-0.2, -0.15) is 0 Å². The van der Waals surface area contributed by atoms with E-state index in [0.29, 0.717) is 26.6 Å². The molecule has 17 heavy (non-hydrogen) atoms. The predicted molar refractivity (Wildman–Crippen MR) is 76.7 cm³/mol. The van der Waals surface area contributed by atoms with Crippen molar-refractivity contribution in [3.63, 3.8) is 0 Å². The summed E-state index contributed by atoms with van der Waals surface area (Å²) in [5.74, 6) is 0.527. The number of anilines is 2. The Balaban J connectivity index is 2.35. The first-order chi connectivity index (χ1) is 8.08. The standard InChI is InChI=1S/C11H6BrCl3N2/c12-6-4-8(14)11(16-5-6)17-9-3-1-2-7(13)10(9)15/h1-5H,(H,16,17). The summed E-state index contributed by atoms with van der Waals surface area (Å²) < 4.78 is 0.810. The van der Waals surface area contributed by atoms with Crippen LogP contribution < -0.4 is 5.32 Å². The van der Waals surface area contributed by atoms with E-state index in [0.717, 1.165) is 4.47 Å². The van der Waals surface area contributed by atoms with Crippen molar-refractivity contribution < 1.29 is 0 Å². The monoisotopic (exact) mass is 350 g/mol. The molecule has 0 unspecified atom stereocenters. The fourth-order valence-corrected chi connectivity index (χ4v) is 2.26. The smallest absolute Gasteiger partial charge is 0.149 e. The van der Waals surface area contributed by atoms with E-state index in [9.17, 15) is 0 Å². The maximum atomic E-state index is 6.05. The fourth-order valence-electron chi connectivity index (χ4n) is 1.23. The van der Waals surface area contributed by atoms with E-state index >= 15 is 0 Å². The first kappa shape index (κ1) is 13.0. The van der Waals surface area contributed by atoms with Crippen LogP contribution in [0.25, 0.3) is 0 Å². The van der Waals surface area contributed by atoms with Crippen molar-refractivity contribution in [2.24, 2.45) is 0 Å². The van der Waals surface area contributed by atoms with Gasteiger partial charge in [0.15, 0.2) is 0 Å². The van der Waals surface area contributed by atoms with Gasteiger partial charge in [-0.25, -0.2) is 4.98 Å². The summed E-state index contributed by atoms with van der Waals surface area (Å²) in [5.41, 5.74) is 0.663. The summed E-state index contributed by atoms with van der Waals surface area (Å²) in [7, 11) is 0. The largest absolute Gasteiger partial charge is 0.338 e. The molecular formula is C11H6BrCl3N2. The second-order valence-electron chi connectivity index (χ2n) is 3.21. The number of halogens is 4. The summed E-state index contributed by atoms with van der Waals surface area (Å²) >= 11 is 21.3. The number of pyridine rings is 1. The zero-order valence-electron chi connectivity index (χ0n) is 8.35. The lowest BCUT2D eigenvalue weighted by Crippen LogP contribution is -1.95. The van der Waals surface area contributed by atoms with Gasteiger partial charge >= 0.3 is 0 Å². The van der Waals surface area contributed by atoms with Crippen molar-refractivity contribution in [1.29, 1.82) is 0 Å². The fraction of sp³-hybridized carbons (Fsp3) is 0. The molecule has 0 spiro atoms. The highest BCUT2D eigenvalue weighted by molar-refractivity contribution is 9.10. The third-order valence-electron chi connectivity index (χ3n) is 2.01. The molecule has 0 amide bonds. The number of aromatic nitrogens is 1. The molecule has 6 heteroatoms. The predicted octanol–water partition coefficient (Wildman–Crippen LogP) is 5.55. The third kappa shape index (κ3) is 3.05. The summed E-state index contributed by atoms with van der Waals surface area (Å²) in [5, 5.41) is 4.44. The second-order valence-corrected chi connectivity index (χ2v) is 5.32. The highest BCUT2D eigenvalue weighted by atomic mass is 79.9. The number of rotatable bonds is 2. The number of hydrogen-bond acceptors (Lipinski definition) is 2. The van der Waals surface area contributed by atoms with Gasteiger partial charge in [0.2, 0.25) is 0 Å². The molecule has 0 aliphatic rings. The van der Waals surface area contributed by atoms with E-state index < -0.39 is 0 Å². The van der Waals surface area contributed by atoms with Crippen LogP contribution in [-0.2, 0) is 0 Å². The van der Waals surface area contributed by atoms with Crippen LogP contribution in [0.4, 0.5) is 11.5 Å². The minimum atomic E-state index is 0.440. The third-order valence-corrected chi connectivity index (χ3v) is 3.55. The van der Waals surface area contributed by atoms with Crippen molar-refractivity contribution in [1.82, 2.24) is 4.98 Å². The van der Waals surface area contributed by atoms with E-state index in [1.807, 2.05) is 0 Å². The molecule has 2 nitrogen and oxygen atoms in total. The molecule has 88 valence electrons. The minimum Gasteiger partial charge on any atom is -0.338 e. The minimum absolute atomic E-state index is 0.440.